The van der Waals surface area contributed by atoms with Crippen molar-refractivity contribution in [2.75, 3.05) is 9.80 Å². The van der Waals surface area contributed by atoms with E-state index in [9.17, 15) is 0 Å². The van der Waals surface area contributed by atoms with E-state index in [4.69, 9.17) is 0 Å². The van der Waals surface area contributed by atoms with Crippen molar-refractivity contribution >= 4 is 66.7 Å². The lowest BCUT2D eigenvalue weighted by atomic mass is 9.99. The maximum Gasteiger partial charge on any atom is 0.0562 e. The fourth-order valence-electron chi connectivity index (χ4n) is 8.60. The fraction of sp³-hybridized carbons (Fsp3) is 0. The Balaban J connectivity index is 1.19. The molecule has 10 aromatic rings. The minimum absolute atomic E-state index is 1.10. The van der Waals surface area contributed by atoms with Gasteiger partial charge in [0.2, 0.25) is 0 Å². The van der Waals surface area contributed by atoms with Crippen LogP contribution < -0.4 is 9.80 Å². The van der Waals surface area contributed by atoms with Crippen LogP contribution in [0.25, 0.3) is 60.5 Å². The maximum atomic E-state index is 2.44. The van der Waals surface area contributed by atoms with Gasteiger partial charge in [-0.2, -0.15) is 0 Å². The number of benzene rings is 9. The van der Waals surface area contributed by atoms with Gasteiger partial charge in [0.1, 0.15) is 0 Å². The molecule has 0 fully saturated rings. The number of fused-ring (bicyclic) bond motifs is 14. The molecule has 0 aliphatic carbocycles. The molecule has 258 valence electrons. The highest BCUT2D eigenvalue weighted by molar-refractivity contribution is 6.16. The van der Waals surface area contributed by atoms with Gasteiger partial charge in [0.25, 0.3) is 0 Å². The SMILES string of the molecule is c1ccc(-n2c3ccccc3c3c(N4c5cccc(c5)-c5cccc(c5)N(c5cccc6ccccc56)c5cccc(c5)-c5cccc4c5)cccc32)cc1. The molecule has 0 atom stereocenters. The molecule has 0 unspecified atom stereocenters. The zero-order chi connectivity index (χ0) is 36.3. The van der Waals surface area contributed by atoms with Gasteiger partial charge in [-0.3, -0.25) is 0 Å². The van der Waals surface area contributed by atoms with Gasteiger partial charge in [0.05, 0.1) is 22.4 Å². The zero-order valence-corrected chi connectivity index (χ0v) is 30.0. The van der Waals surface area contributed by atoms with Gasteiger partial charge < -0.3 is 14.4 Å². The van der Waals surface area contributed by atoms with Crippen molar-refractivity contribution in [3.05, 3.63) is 212 Å². The Bertz CT molecular complexity index is 2970. The number of aromatic nitrogens is 1. The summed E-state index contributed by atoms with van der Waals surface area (Å²) in [7, 11) is 0. The summed E-state index contributed by atoms with van der Waals surface area (Å²) in [6, 6.07) is 77.4. The van der Waals surface area contributed by atoms with E-state index in [0.29, 0.717) is 0 Å². The summed E-state index contributed by atoms with van der Waals surface area (Å²) < 4.78 is 2.39. The van der Waals surface area contributed by atoms with E-state index in [1.165, 1.54) is 32.6 Å². The first-order valence-corrected chi connectivity index (χ1v) is 18.9. The van der Waals surface area contributed by atoms with Crippen molar-refractivity contribution in [2.45, 2.75) is 0 Å². The van der Waals surface area contributed by atoms with Crippen LogP contribution in [-0.4, -0.2) is 4.57 Å². The van der Waals surface area contributed by atoms with Crippen LogP contribution in [0.5, 0.6) is 0 Å². The zero-order valence-electron chi connectivity index (χ0n) is 30.0. The monoisotopic (exact) mass is 701 g/mol. The van der Waals surface area contributed by atoms with Gasteiger partial charge in [-0.1, -0.05) is 127 Å². The van der Waals surface area contributed by atoms with Crippen LogP contribution in [0.3, 0.4) is 0 Å². The highest BCUT2D eigenvalue weighted by Crippen LogP contribution is 2.47. The molecule has 3 nitrogen and oxygen atoms in total. The predicted octanol–water partition coefficient (Wildman–Crippen LogP) is 14.5. The minimum Gasteiger partial charge on any atom is -0.310 e. The van der Waals surface area contributed by atoms with Gasteiger partial charge in [0.15, 0.2) is 0 Å². The molecule has 0 radical (unpaired) electrons. The minimum atomic E-state index is 1.10. The van der Waals surface area contributed by atoms with Crippen LogP contribution in [0.2, 0.25) is 0 Å². The largest absolute Gasteiger partial charge is 0.310 e. The second-order valence-electron chi connectivity index (χ2n) is 14.2. The highest BCUT2D eigenvalue weighted by atomic mass is 15.2. The van der Waals surface area contributed by atoms with Crippen molar-refractivity contribution in [3.63, 3.8) is 0 Å². The molecule has 3 heteroatoms. The smallest absolute Gasteiger partial charge is 0.0562 e. The summed E-state index contributed by atoms with van der Waals surface area (Å²) in [6.07, 6.45) is 0. The summed E-state index contributed by atoms with van der Waals surface area (Å²) in [4.78, 5) is 4.85. The van der Waals surface area contributed by atoms with Crippen LogP contribution in [0.15, 0.2) is 212 Å². The number of rotatable bonds is 3. The number of hydrogen-bond acceptors (Lipinski definition) is 2. The Hall–Kier alpha value is -7.36. The summed E-state index contributed by atoms with van der Waals surface area (Å²) >= 11 is 0. The molecule has 1 aliphatic rings. The lowest BCUT2D eigenvalue weighted by Crippen LogP contribution is -2.12. The van der Waals surface area contributed by atoms with E-state index < -0.39 is 0 Å². The van der Waals surface area contributed by atoms with Crippen LogP contribution in [0.1, 0.15) is 0 Å². The fourth-order valence-corrected chi connectivity index (χ4v) is 8.60. The van der Waals surface area contributed by atoms with E-state index >= 15 is 0 Å². The Morgan fingerprint density at radius 1 is 0.273 bits per heavy atom. The third-order valence-electron chi connectivity index (χ3n) is 11.0. The lowest BCUT2D eigenvalue weighted by molar-refractivity contribution is 1.18. The molecule has 1 aliphatic heterocycles. The molecule has 8 bridgehead atoms. The molecule has 9 aromatic carbocycles. The molecule has 0 spiro atoms. The van der Waals surface area contributed by atoms with Crippen molar-refractivity contribution in [1.29, 1.82) is 0 Å². The predicted molar refractivity (Wildman–Crippen MR) is 232 cm³/mol. The molecule has 11 rings (SSSR count). The third kappa shape index (κ3) is 5.13. The average Bonchev–Trinajstić information content (AvgIpc) is 3.60. The molecule has 0 amide bonds. The van der Waals surface area contributed by atoms with Crippen LogP contribution in [-0.2, 0) is 0 Å². The first-order chi connectivity index (χ1) is 27.3. The van der Waals surface area contributed by atoms with Crippen molar-refractivity contribution in [2.24, 2.45) is 0 Å². The Morgan fingerprint density at radius 3 is 1.31 bits per heavy atom. The topological polar surface area (TPSA) is 11.4 Å². The molecule has 0 saturated carbocycles. The van der Waals surface area contributed by atoms with Crippen molar-refractivity contribution in [1.82, 2.24) is 4.57 Å². The van der Waals surface area contributed by atoms with Gasteiger partial charge in [-0.25, -0.2) is 0 Å². The molecular formula is C52H35N3. The Labute approximate surface area is 320 Å². The number of para-hydroxylation sites is 2. The lowest BCUT2D eigenvalue weighted by Gasteiger charge is -2.29. The Morgan fingerprint density at radius 2 is 0.691 bits per heavy atom. The molecule has 0 saturated heterocycles. The summed E-state index contributed by atoms with van der Waals surface area (Å²) in [6.45, 7) is 0. The first kappa shape index (κ1) is 31.2. The van der Waals surface area contributed by atoms with Gasteiger partial charge in [-0.05, 0) is 113 Å². The van der Waals surface area contributed by atoms with Crippen LogP contribution >= 0.6 is 0 Å². The number of nitrogens with zero attached hydrogens (tertiary/aromatic N) is 3. The molecule has 0 N–H and O–H groups in total. The number of hydrogen-bond donors (Lipinski definition) is 0. The third-order valence-corrected chi connectivity index (χ3v) is 11.0. The van der Waals surface area contributed by atoms with E-state index in [1.54, 1.807) is 0 Å². The van der Waals surface area contributed by atoms with Crippen molar-refractivity contribution < 1.29 is 0 Å². The molecule has 2 heterocycles. The molecule has 55 heavy (non-hydrogen) atoms. The summed E-state index contributed by atoms with van der Waals surface area (Å²) in [5.74, 6) is 0. The normalized spacial score (nSPS) is 12.3. The second-order valence-corrected chi connectivity index (χ2v) is 14.2. The standard InChI is InChI=1S/C52H35N3/c1-2-20-41(21-3-1)55-49-28-7-6-27-47(49)52-50(30-13-31-51(52)55)54-44-24-10-18-39(34-44)37-16-8-22-42(32-37)53(48-29-12-15-36-14-4-5-26-46(36)48)43-23-9-17-38(33-43)40-19-11-25-45(54)35-40/h1-35H. The number of anilines is 6. The maximum absolute atomic E-state index is 2.44. The average molecular weight is 702 g/mol. The first-order valence-electron chi connectivity index (χ1n) is 18.9. The van der Waals surface area contributed by atoms with Crippen LogP contribution in [0, 0.1) is 0 Å². The van der Waals surface area contributed by atoms with Gasteiger partial charge >= 0.3 is 0 Å². The molecular weight excluding hydrogens is 667 g/mol. The van der Waals surface area contributed by atoms with E-state index in [2.05, 4.69) is 227 Å². The quantitative estimate of drug-likeness (QED) is 0.182. The van der Waals surface area contributed by atoms with E-state index in [0.717, 1.165) is 62.1 Å². The van der Waals surface area contributed by atoms with Crippen molar-refractivity contribution in [3.8, 4) is 27.9 Å². The Kier molecular flexibility index (Phi) is 7.17. The van der Waals surface area contributed by atoms with E-state index in [-0.39, 0.29) is 0 Å². The van der Waals surface area contributed by atoms with Gasteiger partial charge in [0, 0.05) is 44.6 Å². The van der Waals surface area contributed by atoms with Gasteiger partial charge in [-0.15, -0.1) is 0 Å². The molecule has 1 aromatic heterocycles. The highest BCUT2D eigenvalue weighted by Gasteiger charge is 2.23. The second kappa shape index (κ2) is 12.6. The van der Waals surface area contributed by atoms with Crippen LogP contribution in [0.4, 0.5) is 34.1 Å². The summed E-state index contributed by atoms with van der Waals surface area (Å²) in [5.41, 5.74) is 14.8. The summed E-state index contributed by atoms with van der Waals surface area (Å²) in [5, 5.41) is 4.87. The van der Waals surface area contributed by atoms with E-state index in [1.807, 2.05) is 0 Å².